The zero-order valence-corrected chi connectivity index (χ0v) is 11.5. The molecule has 1 aromatic carbocycles. The molecular formula is C13H14BrN3O. The summed E-state index contributed by atoms with van der Waals surface area (Å²) in [6, 6.07) is 8.56. The quantitative estimate of drug-likeness (QED) is 0.926. The third-order valence-electron chi connectivity index (χ3n) is 3.18. The van der Waals surface area contributed by atoms with Crippen LogP contribution in [-0.4, -0.2) is 16.4 Å². The Kier molecular flexibility index (Phi) is 3.09. The first-order valence-electron chi connectivity index (χ1n) is 5.92. The number of anilines is 1. The van der Waals surface area contributed by atoms with Crippen molar-refractivity contribution in [2.45, 2.75) is 19.5 Å². The Hall–Kier alpha value is -1.33. The molecule has 0 saturated carbocycles. The number of benzene rings is 1. The van der Waals surface area contributed by atoms with Gasteiger partial charge in [-0.15, -0.1) is 0 Å². The molecule has 1 aliphatic rings. The SMILES string of the molecule is Nc1nc2c(o1)CN(Cc1ccccc1Br)CC2. The fraction of sp³-hybridized carbons (Fsp3) is 0.308. The van der Waals surface area contributed by atoms with E-state index >= 15 is 0 Å². The van der Waals surface area contributed by atoms with Crippen molar-refractivity contribution in [2.24, 2.45) is 0 Å². The molecule has 0 amide bonds. The molecule has 0 fully saturated rings. The van der Waals surface area contributed by atoms with Crippen molar-refractivity contribution in [3.05, 3.63) is 45.8 Å². The molecule has 0 aliphatic carbocycles. The van der Waals surface area contributed by atoms with Crippen LogP contribution >= 0.6 is 15.9 Å². The highest BCUT2D eigenvalue weighted by atomic mass is 79.9. The van der Waals surface area contributed by atoms with Gasteiger partial charge in [0.15, 0.2) is 0 Å². The van der Waals surface area contributed by atoms with Gasteiger partial charge in [0.1, 0.15) is 5.76 Å². The van der Waals surface area contributed by atoms with Gasteiger partial charge in [0.05, 0.1) is 12.2 Å². The van der Waals surface area contributed by atoms with Gasteiger partial charge in [0.25, 0.3) is 6.01 Å². The first-order valence-corrected chi connectivity index (χ1v) is 6.71. The Morgan fingerprint density at radius 3 is 3.06 bits per heavy atom. The summed E-state index contributed by atoms with van der Waals surface area (Å²) >= 11 is 3.58. The van der Waals surface area contributed by atoms with E-state index in [1.165, 1.54) is 5.56 Å². The van der Waals surface area contributed by atoms with Crippen molar-refractivity contribution >= 4 is 21.9 Å². The molecule has 94 valence electrons. The van der Waals surface area contributed by atoms with Crippen LogP contribution in [0.5, 0.6) is 0 Å². The summed E-state index contributed by atoms with van der Waals surface area (Å²) in [5.74, 6) is 0.908. The minimum Gasteiger partial charge on any atom is -0.427 e. The van der Waals surface area contributed by atoms with E-state index in [0.717, 1.165) is 42.0 Å². The summed E-state index contributed by atoms with van der Waals surface area (Å²) in [5.41, 5.74) is 7.87. The lowest BCUT2D eigenvalue weighted by atomic mass is 10.1. The van der Waals surface area contributed by atoms with E-state index in [1.54, 1.807) is 0 Å². The third kappa shape index (κ3) is 2.28. The van der Waals surface area contributed by atoms with Gasteiger partial charge in [-0.3, -0.25) is 4.90 Å². The smallest absolute Gasteiger partial charge is 0.292 e. The number of nitrogens with two attached hydrogens (primary N) is 1. The Labute approximate surface area is 114 Å². The van der Waals surface area contributed by atoms with Gasteiger partial charge < -0.3 is 10.2 Å². The molecule has 4 nitrogen and oxygen atoms in total. The standard InChI is InChI=1S/C13H14BrN3O/c14-10-4-2-1-3-9(10)7-17-6-5-11-12(8-17)18-13(15)16-11/h1-4H,5-8H2,(H2,15,16). The lowest BCUT2D eigenvalue weighted by Crippen LogP contribution is -2.29. The monoisotopic (exact) mass is 307 g/mol. The molecule has 0 radical (unpaired) electrons. The lowest BCUT2D eigenvalue weighted by Gasteiger charge is -2.25. The van der Waals surface area contributed by atoms with E-state index in [-0.39, 0.29) is 6.01 Å². The fourth-order valence-electron chi connectivity index (χ4n) is 2.27. The summed E-state index contributed by atoms with van der Waals surface area (Å²) in [5, 5.41) is 0. The summed E-state index contributed by atoms with van der Waals surface area (Å²) in [4.78, 5) is 6.53. The van der Waals surface area contributed by atoms with Crippen LogP contribution in [0.4, 0.5) is 6.01 Å². The van der Waals surface area contributed by atoms with E-state index in [2.05, 4.69) is 44.0 Å². The molecule has 2 N–H and O–H groups in total. The minimum atomic E-state index is 0.280. The summed E-state index contributed by atoms with van der Waals surface area (Å²) in [7, 11) is 0. The number of halogens is 1. The molecule has 2 heterocycles. The highest BCUT2D eigenvalue weighted by molar-refractivity contribution is 9.10. The van der Waals surface area contributed by atoms with Crippen molar-refractivity contribution in [1.29, 1.82) is 0 Å². The first-order chi connectivity index (χ1) is 8.72. The zero-order valence-electron chi connectivity index (χ0n) is 9.90. The van der Waals surface area contributed by atoms with Gasteiger partial charge in [-0.2, -0.15) is 4.98 Å². The van der Waals surface area contributed by atoms with Crippen LogP contribution < -0.4 is 5.73 Å². The largest absolute Gasteiger partial charge is 0.427 e. The Morgan fingerprint density at radius 2 is 2.22 bits per heavy atom. The number of hydrogen-bond acceptors (Lipinski definition) is 4. The average molecular weight is 308 g/mol. The predicted molar refractivity (Wildman–Crippen MR) is 72.9 cm³/mol. The van der Waals surface area contributed by atoms with Gasteiger partial charge >= 0.3 is 0 Å². The number of fused-ring (bicyclic) bond motifs is 1. The lowest BCUT2D eigenvalue weighted by molar-refractivity contribution is 0.221. The Balaban J connectivity index is 1.75. The summed E-state index contributed by atoms with van der Waals surface area (Å²) in [6.07, 6.45) is 0.903. The number of aromatic nitrogens is 1. The maximum atomic E-state index is 5.58. The highest BCUT2D eigenvalue weighted by Crippen LogP contribution is 2.24. The van der Waals surface area contributed by atoms with Crippen molar-refractivity contribution in [2.75, 3.05) is 12.3 Å². The van der Waals surface area contributed by atoms with Crippen molar-refractivity contribution in [1.82, 2.24) is 9.88 Å². The molecule has 0 bridgehead atoms. The fourth-order valence-corrected chi connectivity index (χ4v) is 2.68. The van der Waals surface area contributed by atoms with Crippen LogP contribution in [0.2, 0.25) is 0 Å². The van der Waals surface area contributed by atoms with Gasteiger partial charge in [-0.1, -0.05) is 34.1 Å². The average Bonchev–Trinajstić information content (AvgIpc) is 2.71. The first kappa shape index (κ1) is 11.7. The van der Waals surface area contributed by atoms with Crippen molar-refractivity contribution in [3.8, 4) is 0 Å². The molecule has 0 unspecified atom stereocenters. The maximum Gasteiger partial charge on any atom is 0.292 e. The van der Waals surface area contributed by atoms with Crippen LogP contribution in [0.3, 0.4) is 0 Å². The summed E-state index contributed by atoms with van der Waals surface area (Å²) in [6.45, 7) is 2.67. The van der Waals surface area contributed by atoms with Crippen molar-refractivity contribution < 1.29 is 4.42 Å². The molecule has 1 aromatic heterocycles. The van der Waals surface area contributed by atoms with Gasteiger partial charge in [0.2, 0.25) is 0 Å². The topological polar surface area (TPSA) is 55.3 Å². The van der Waals surface area contributed by atoms with E-state index < -0.39 is 0 Å². The van der Waals surface area contributed by atoms with Crippen LogP contribution in [0.25, 0.3) is 0 Å². The number of oxazole rings is 1. The van der Waals surface area contributed by atoms with Crippen LogP contribution in [0.15, 0.2) is 33.2 Å². The Morgan fingerprint density at radius 1 is 1.39 bits per heavy atom. The Bertz CT molecular complexity index is 567. The molecule has 0 saturated heterocycles. The molecule has 5 heteroatoms. The van der Waals surface area contributed by atoms with Crippen LogP contribution in [0, 0.1) is 0 Å². The van der Waals surface area contributed by atoms with Gasteiger partial charge in [-0.05, 0) is 11.6 Å². The van der Waals surface area contributed by atoms with Gasteiger partial charge in [-0.25, -0.2) is 0 Å². The van der Waals surface area contributed by atoms with E-state index in [0.29, 0.717) is 0 Å². The number of nitrogen functional groups attached to an aromatic ring is 1. The van der Waals surface area contributed by atoms with Crippen molar-refractivity contribution in [3.63, 3.8) is 0 Å². The molecule has 2 aromatic rings. The number of nitrogens with zero attached hydrogens (tertiary/aromatic N) is 2. The second-order valence-electron chi connectivity index (χ2n) is 4.47. The minimum absolute atomic E-state index is 0.280. The highest BCUT2D eigenvalue weighted by Gasteiger charge is 2.21. The van der Waals surface area contributed by atoms with Crippen LogP contribution in [-0.2, 0) is 19.5 Å². The molecular weight excluding hydrogens is 294 g/mol. The van der Waals surface area contributed by atoms with E-state index in [9.17, 15) is 0 Å². The third-order valence-corrected chi connectivity index (χ3v) is 3.95. The second-order valence-corrected chi connectivity index (χ2v) is 5.33. The van der Waals surface area contributed by atoms with Crippen LogP contribution in [0.1, 0.15) is 17.0 Å². The van der Waals surface area contributed by atoms with E-state index in [4.69, 9.17) is 10.2 Å². The maximum absolute atomic E-state index is 5.58. The zero-order chi connectivity index (χ0) is 12.5. The normalized spacial score (nSPS) is 15.6. The van der Waals surface area contributed by atoms with E-state index in [1.807, 2.05) is 6.07 Å². The predicted octanol–water partition coefficient (Wildman–Crippen LogP) is 2.58. The molecule has 3 rings (SSSR count). The molecule has 1 aliphatic heterocycles. The van der Waals surface area contributed by atoms with Gasteiger partial charge in [0, 0.05) is 24.0 Å². The molecule has 18 heavy (non-hydrogen) atoms. The molecule has 0 spiro atoms. The molecule has 0 atom stereocenters. The second kappa shape index (κ2) is 4.74. The summed E-state index contributed by atoms with van der Waals surface area (Å²) < 4.78 is 6.56. The number of rotatable bonds is 2. The number of hydrogen-bond donors (Lipinski definition) is 1.